The van der Waals surface area contributed by atoms with Crippen molar-refractivity contribution >= 4 is 0 Å². The maximum atomic E-state index is 12.5. The van der Waals surface area contributed by atoms with Gasteiger partial charge >= 0.3 is 0 Å². The van der Waals surface area contributed by atoms with Gasteiger partial charge in [0, 0.05) is 19.1 Å². The molecule has 0 aliphatic heterocycles. The van der Waals surface area contributed by atoms with E-state index >= 15 is 0 Å². The van der Waals surface area contributed by atoms with Crippen LogP contribution in [0.15, 0.2) is 24.3 Å². The van der Waals surface area contributed by atoms with Crippen LogP contribution in [0.3, 0.4) is 0 Å². The average molecular weight is 182 g/mol. The van der Waals surface area contributed by atoms with Crippen molar-refractivity contribution in [2.45, 2.75) is 19.5 Å². The van der Waals surface area contributed by atoms with Crippen LogP contribution < -0.4 is 11.1 Å². The first kappa shape index (κ1) is 10.2. The van der Waals surface area contributed by atoms with Crippen molar-refractivity contribution in [2.75, 3.05) is 6.54 Å². The summed E-state index contributed by atoms with van der Waals surface area (Å²) in [5.74, 6) is -0.198. The van der Waals surface area contributed by atoms with Crippen LogP contribution in [0, 0.1) is 5.82 Å². The first-order valence-corrected chi connectivity index (χ1v) is 4.39. The summed E-state index contributed by atoms with van der Waals surface area (Å²) in [4.78, 5) is 0. The highest BCUT2D eigenvalue weighted by Gasteiger charge is 1.95. The lowest BCUT2D eigenvalue weighted by molar-refractivity contribution is 0.604. The molecule has 0 saturated carbocycles. The van der Waals surface area contributed by atoms with E-state index in [0.717, 1.165) is 18.7 Å². The lowest BCUT2D eigenvalue weighted by Gasteiger charge is -2.07. The first-order valence-electron chi connectivity index (χ1n) is 4.39. The zero-order chi connectivity index (χ0) is 9.68. The third-order valence-electron chi connectivity index (χ3n) is 1.71. The van der Waals surface area contributed by atoms with Crippen molar-refractivity contribution in [3.63, 3.8) is 0 Å². The molecule has 1 atom stereocenters. The summed E-state index contributed by atoms with van der Waals surface area (Å²) in [7, 11) is 0. The predicted octanol–water partition coefficient (Wildman–Crippen LogP) is 1.26. The van der Waals surface area contributed by atoms with Crippen molar-refractivity contribution in [1.29, 1.82) is 0 Å². The van der Waals surface area contributed by atoms with Crippen molar-refractivity contribution in [3.05, 3.63) is 35.6 Å². The molecule has 0 aromatic heterocycles. The van der Waals surface area contributed by atoms with Crippen LogP contribution in [-0.2, 0) is 6.54 Å². The van der Waals surface area contributed by atoms with Crippen molar-refractivity contribution < 1.29 is 4.39 Å². The summed E-state index contributed by atoms with van der Waals surface area (Å²) in [6.07, 6.45) is 0. The minimum atomic E-state index is -0.198. The molecule has 3 heteroatoms. The second-order valence-electron chi connectivity index (χ2n) is 3.23. The van der Waals surface area contributed by atoms with Crippen LogP contribution in [0.25, 0.3) is 0 Å². The summed E-state index contributed by atoms with van der Waals surface area (Å²) in [6.45, 7) is 3.46. The SMILES string of the molecule is CC(N)CNCc1ccc(F)cc1. The van der Waals surface area contributed by atoms with Gasteiger partial charge in [-0.15, -0.1) is 0 Å². The molecule has 1 aromatic carbocycles. The minimum absolute atomic E-state index is 0.153. The van der Waals surface area contributed by atoms with Gasteiger partial charge < -0.3 is 11.1 Å². The molecule has 0 aliphatic rings. The lowest BCUT2D eigenvalue weighted by Crippen LogP contribution is -2.30. The third kappa shape index (κ3) is 4.01. The molecule has 72 valence electrons. The molecular formula is C10H15FN2. The Morgan fingerprint density at radius 2 is 2.00 bits per heavy atom. The van der Waals surface area contributed by atoms with Crippen LogP contribution in [0.2, 0.25) is 0 Å². The van der Waals surface area contributed by atoms with Gasteiger partial charge in [0.25, 0.3) is 0 Å². The van der Waals surface area contributed by atoms with E-state index in [1.165, 1.54) is 12.1 Å². The van der Waals surface area contributed by atoms with Crippen LogP contribution >= 0.6 is 0 Å². The predicted molar refractivity (Wildman–Crippen MR) is 51.8 cm³/mol. The molecule has 0 saturated heterocycles. The van der Waals surface area contributed by atoms with Gasteiger partial charge in [0.05, 0.1) is 0 Å². The molecule has 1 rings (SSSR count). The number of nitrogens with one attached hydrogen (secondary N) is 1. The molecular weight excluding hydrogens is 167 g/mol. The fraction of sp³-hybridized carbons (Fsp3) is 0.400. The number of hydrogen-bond donors (Lipinski definition) is 2. The molecule has 1 aromatic rings. The van der Waals surface area contributed by atoms with E-state index in [-0.39, 0.29) is 11.9 Å². The summed E-state index contributed by atoms with van der Waals surface area (Å²) in [5.41, 5.74) is 6.63. The average Bonchev–Trinajstić information content (AvgIpc) is 2.08. The summed E-state index contributed by atoms with van der Waals surface area (Å²) < 4.78 is 12.5. The smallest absolute Gasteiger partial charge is 0.123 e. The maximum absolute atomic E-state index is 12.5. The Morgan fingerprint density at radius 3 is 2.54 bits per heavy atom. The highest BCUT2D eigenvalue weighted by molar-refractivity contribution is 5.15. The topological polar surface area (TPSA) is 38.0 Å². The minimum Gasteiger partial charge on any atom is -0.327 e. The first-order chi connectivity index (χ1) is 6.18. The summed E-state index contributed by atoms with van der Waals surface area (Å²) in [5, 5.41) is 3.17. The van der Waals surface area contributed by atoms with E-state index < -0.39 is 0 Å². The van der Waals surface area contributed by atoms with Crippen molar-refractivity contribution in [3.8, 4) is 0 Å². The van der Waals surface area contributed by atoms with Gasteiger partial charge in [0.15, 0.2) is 0 Å². The number of rotatable bonds is 4. The number of hydrogen-bond acceptors (Lipinski definition) is 2. The Balaban J connectivity index is 2.33. The second-order valence-corrected chi connectivity index (χ2v) is 3.23. The molecule has 2 nitrogen and oxygen atoms in total. The van der Waals surface area contributed by atoms with E-state index in [2.05, 4.69) is 5.32 Å². The molecule has 0 aliphatic carbocycles. The number of halogens is 1. The molecule has 0 radical (unpaired) electrons. The molecule has 1 unspecified atom stereocenters. The molecule has 0 amide bonds. The van der Waals surface area contributed by atoms with Crippen LogP contribution in [-0.4, -0.2) is 12.6 Å². The van der Waals surface area contributed by atoms with Gasteiger partial charge in [-0.1, -0.05) is 12.1 Å². The van der Waals surface area contributed by atoms with Gasteiger partial charge in [-0.3, -0.25) is 0 Å². The highest BCUT2D eigenvalue weighted by Crippen LogP contribution is 2.01. The van der Waals surface area contributed by atoms with Gasteiger partial charge in [-0.2, -0.15) is 0 Å². The highest BCUT2D eigenvalue weighted by atomic mass is 19.1. The number of benzene rings is 1. The molecule has 0 bridgehead atoms. The molecule has 0 heterocycles. The van der Waals surface area contributed by atoms with E-state index in [1.54, 1.807) is 12.1 Å². The van der Waals surface area contributed by atoms with Crippen molar-refractivity contribution in [1.82, 2.24) is 5.32 Å². The third-order valence-corrected chi connectivity index (χ3v) is 1.71. The van der Waals surface area contributed by atoms with Crippen LogP contribution in [0.4, 0.5) is 4.39 Å². The molecule has 13 heavy (non-hydrogen) atoms. The van der Waals surface area contributed by atoms with E-state index in [0.29, 0.717) is 0 Å². The van der Waals surface area contributed by atoms with Gasteiger partial charge in [0.2, 0.25) is 0 Å². The molecule has 0 spiro atoms. The van der Waals surface area contributed by atoms with Crippen molar-refractivity contribution in [2.24, 2.45) is 5.73 Å². The fourth-order valence-corrected chi connectivity index (χ4v) is 1.05. The Bertz CT molecular complexity index is 244. The Morgan fingerprint density at radius 1 is 1.38 bits per heavy atom. The normalized spacial score (nSPS) is 12.8. The molecule has 0 fully saturated rings. The van der Waals surface area contributed by atoms with Crippen LogP contribution in [0.1, 0.15) is 12.5 Å². The van der Waals surface area contributed by atoms with E-state index in [1.807, 2.05) is 6.92 Å². The quantitative estimate of drug-likeness (QED) is 0.735. The van der Waals surface area contributed by atoms with E-state index in [9.17, 15) is 4.39 Å². The second kappa shape index (κ2) is 4.94. The Labute approximate surface area is 77.9 Å². The Hall–Kier alpha value is -0.930. The van der Waals surface area contributed by atoms with E-state index in [4.69, 9.17) is 5.73 Å². The van der Waals surface area contributed by atoms with Gasteiger partial charge in [-0.25, -0.2) is 4.39 Å². The maximum Gasteiger partial charge on any atom is 0.123 e. The Kier molecular flexibility index (Phi) is 3.86. The molecule has 3 N–H and O–H groups in total. The monoisotopic (exact) mass is 182 g/mol. The fourth-order valence-electron chi connectivity index (χ4n) is 1.05. The zero-order valence-electron chi connectivity index (χ0n) is 7.76. The zero-order valence-corrected chi connectivity index (χ0v) is 7.76. The standard InChI is InChI=1S/C10H15FN2/c1-8(12)6-13-7-9-2-4-10(11)5-3-9/h2-5,8,13H,6-7,12H2,1H3. The largest absolute Gasteiger partial charge is 0.327 e. The lowest BCUT2D eigenvalue weighted by atomic mass is 10.2. The number of nitrogens with two attached hydrogens (primary N) is 1. The summed E-state index contributed by atoms with van der Waals surface area (Å²) in [6, 6.07) is 6.61. The van der Waals surface area contributed by atoms with Gasteiger partial charge in [-0.05, 0) is 24.6 Å². The van der Waals surface area contributed by atoms with Crippen LogP contribution in [0.5, 0.6) is 0 Å². The summed E-state index contributed by atoms with van der Waals surface area (Å²) >= 11 is 0. The van der Waals surface area contributed by atoms with Gasteiger partial charge in [0.1, 0.15) is 5.82 Å².